The monoisotopic (exact) mass is 259 g/mol. The molecule has 1 aromatic rings. The normalized spacial score (nSPS) is 16.7. The van der Waals surface area contributed by atoms with E-state index >= 15 is 0 Å². The number of benzene rings is 1. The zero-order valence-corrected chi connectivity index (χ0v) is 9.62. The average molecular weight is 259 g/mol. The van der Waals surface area contributed by atoms with E-state index in [-0.39, 0.29) is 11.4 Å². The number of nitrogens with zero attached hydrogens (tertiary/aromatic N) is 1. The highest BCUT2D eigenvalue weighted by atomic mass is 16.6. The van der Waals surface area contributed by atoms with Crippen LogP contribution in [0.2, 0.25) is 0 Å². The van der Waals surface area contributed by atoms with Crippen molar-refractivity contribution in [1.82, 2.24) is 10.6 Å². The third-order valence-corrected chi connectivity index (χ3v) is 2.39. The standard InChI is InChI=1S/C12H9N3O4/c16-11-9(13-12(17)14-11)6-3-5-8-4-1-2-7-10(8)15(18)19/h1-7H,(H2,13,14,16,17)/b5-3+,9-6+. The first-order valence-electron chi connectivity index (χ1n) is 5.32. The maximum atomic E-state index is 11.2. The van der Waals surface area contributed by atoms with Crippen LogP contribution in [0, 0.1) is 10.1 Å². The largest absolute Gasteiger partial charge is 0.326 e. The first-order valence-corrected chi connectivity index (χ1v) is 5.32. The number of imide groups is 1. The summed E-state index contributed by atoms with van der Waals surface area (Å²) in [4.78, 5) is 32.3. The summed E-state index contributed by atoms with van der Waals surface area (Å²) in [6.07, 6.45) is 4.32. The molecule has 0 aromatic heterocycles. The summed E-state index contributed by atoms with van der Waals surface area (Å²) in [7, 11) is 0. The highest BCUT2D eigenvalue weighted by Crippen LogP contribution is 2.19. The van der Waals surface area contributed by atoms with Gasteiger partial charge in [0, 0.05) is 6.07 Å². The molecule has 0 bridgehead atoms. The van der Waals surface area contributed by atoms with Crippen LogP contribution in [0.3, 0.4) is 0 Å². The molecule has 0 spiro atoms. The minimum Gasteiger partial charge on any atom is -0.303 e. The first-order chi connectivity index (χ1) is 9.08. The van der Waals surface area contributed by atoms with Crippen LogP contribution >= 0.6 is 0 Å². The van der Waals surface area contributed by atoms with E-state index in [2.05, 4.69) is 5.32 Å². The van der Waals surface area contributed by atoms with Gasteiger partial charge >= 0.3 is 6.03 Å². The van der Waals surface area contributed by atoms with E-state index in [1.165, 1.54) is 24.3 Å². The highest BCUT2D eigenvalue weighted by molar-refractivity contribution is 6.11. The van der Waals surface area contributed by atoms with Crippen molar-refractivity contribution in [3.63, 3.8) is 0 Å². The van der Waals surface area contributed by atoms with Gasteiger partial charge in [-0.25, -0.2) is 4.79 Å². The van der Waals surface area contributed by atoms with Crippen LogP contribution in [0.5, 0.6) is 0 Å². The van der Waals surface area contributed by atoms with Gasteiger partial charge < -0.3 is 5.32 Å². The van der Waals surface area contributed by atoms with Gasteiger partial charge in [0.2, 0.25) is 0 Å². The Labute approximate surface area is 107 Å². The molecule has 7 nitrogen and oxygen atoms in total. The lowest BCUT2D eigenvalue weighted by Gasteiger charge is -1.95. The molecule has 0 saturated carbocycles. The number of amides is 3. The van der Waals surface area contributed by atoms with Crippen molar-refractivity contribution in [1.29, 1.82) is 0 Å². The molecular formula is C12H9N3O4. The number of nitro groups is 1. The van der Waals surface area contributed by atoms with Crippen LogP contribution in [0.1, 0.15) is 5.56 Å². The Balaban J connectivity index is 2.20. The molecule has 2 rings (SSSR count). The summed E-state index contributed by atoms with van der Waals surface area (Å²) in [5.41, 5.74) is 0.478. The number of carbonyl (C=O) groups excluding carboxylic acids is 2. The topological polar surface area (TPSA) is 101 Å². The summed E-state index contributed by atoms with van der Waals surface area (Å²) in [6.45, 7) is 0. The van der Waals surface area contributed by atoms with Crippen LogP contribution < -0.4 is 10.6 Å². The van der Waals surface area contributed by atoms with Crippen molar-refractivity contribution in [3.05, 3.63) is 57.8 Å². The second-order valence-corrected chi connectivity index (χ2v) is 3.66. The van der Waals surface area contributed by atoms with Gasteiger partial charge in [0.05, 0.1) is 10.5 Å². The number of allylic oxidation sites excluding steroid dienone is 2. The highest BCUT2D eigenvalue weighted by Gasteiger charge is 2.21. The smallest absolute Gasteiger partial charge is 0.303 e. The van der Waals surface area contributed by atoms with Gasteiger partial charge in [-0.2, -0.15) is 0 Å². The van der Waals surface area contributed by atoms with E-state index in [0.717, 1.165) is 0 Å². The number of para-hydroxylation sites is 1. The summed E-state index contributed by atoms with van der Waals surface area (Å²) in [5.74, 6) is -0.530. The Morgan fingerprint density at radius 3 is 2.53 bits per heavy atom. The van der Waals surface area contributed by atoms with Crippen LogP contribution in [0.25, 0.3) is 6.08 Å². The van der Waals surface area contributed by atoms with Gasteiger partial charge in [-0.3, -0.25) is 20.2 Å². The third-order valence-electron chi connectivity index (χ3n) is 2.39. The van der Waals surface area contributed by atoms with Crippen molar-refractivity contribution in [2.24, 2.45) is 0 Å². The molecule has 7 heteroatoms. The zero-order chi connectivity index (χ0) is 13.8. The SMILES string of the molecule is O=C1NC(=O)/C(=C\C=C\c2ccccc2[N+](=O)[O-])N1. The Morgan fingerprint density at radius 2 is 1.89 bits per heavy atom. The molecule has 1 aromatic carbocycles. The van der Waals surface area contributed by atoms with E-state index in [4.69, 9.17) is 0 Å². The van der Waals surface area contributed by atoms with Crippen molar-refractivity contribution < 1.29 is 14.5 Å². The van der Waals surface area contributed by atoms with Gasteiger partial charge in [0.25, 0.3) is 11.6 Å². The Hall–Kier alpha value is -2.96. The summed E-state index contributed by atoms with van der Waals surface area (Å²) >= 11 is 0. The van der Waals surface area contributed by atoms with Gasteiger partial charge in [-0.15, -0.1) is 0 Å². The lowest BCUT2D eigenvalue weighted by atomic mass is 10.1. The molecule has 1 saturated heterocycles. The predicted octanol–water partition coefficient (Wildman–Crippen LogP) is 1.33. The lowest BCUT2D eigenvalue weighted by molar-refractivity contribution is -0.385. The Bertz CT molecular complexity index is 619. The maximum Gasteiger partial charge on any atom is 0.326 e. The molecule has 3 amide bonds. The van der Waals surface area contributed by atoms with Crippen molar-refractivity contribution >= 4 is 23.7 Å². The summed E-state index contributed by atoms with van der Waals surface area (Å²) < 4.78 is 0. The molecule has 19 heavy (non-hydrogen) atoms. The Morgan fingerprint density at radius 1 is 1.16 bits per heavy atom. The number of nitrogens with one attached hydrogen (secondary N) is 2. The minimum atomic E-state index is -0.588. The van der Waals surface area contributed by atoms with E-state index in [9.17, 15) is 19.7 Å². The van der Waals surface area contributed by atoms with Gasteiger partial charge in [-0.05, 0) is 18.2 Å². The first kappa shape index (κ1) is 12.5. The fraction of sp³-hybridized carbons (Fsp3) is 0. The van der Waals surface area contributed by atoms with E-state index in [0.29, 0.717) is 5.56 Å². The van der Waals surface area contributed by atoms with Crippen LogP contribution in [-0.4, -0.2) is 16.9 Å². The molecule has 96 valence electrons. The fourth-order valence-corrected chi connectivity index (χ4v) is 1.54. The summed E-state index contributed by atoms with van der Waals surface area (Å²) in [5, 5.41) is 15.1. The molecule has 0 atom stereocenters. The quantitative estimate of drug-likeness (QED) is 0.370. The molecule has 0 radical (unpaired) electrons. The molecular weight excluding hydrogens is 250 g/mol. The minimum absolute atomic E-state index is 0.0305. The van der Waals surface area contributed by atoms with Crippen LogP contribution in [0.4, 0.5) is 10.5 Å². The number of carbonyl (C=O) groups is 2. The number of rotatable bonds is 3. The zero-order valence-electron chi connectivity index (χ0n) is 9.62. The van der Waals surface area contributed by atoms with E-state index < -0.39 is 16.9 Å². The molecule has 0 aliphatic carbocycles. The molecule has 1 heterocycles. The lowest BCUT2D eigenvalue weighted by Crippen LogP contribution is -2.22. The molecule has 1 aliphatic heterocycles. The van der Waals surface area contributed by atoms with Crippen LogP contribution in [-0.2, 0) is 4.79 Å². The number of nitro benzene ring substituents is 1. The second-order valence-electron chi connectivity index (χ2n) is 3.66. The second kappa shape index (κ2) is 5.13. The van der Waals surface area contributed by atoms with E-state index in [1.807, 2.05) is 5.32 Å². The van der Waals surface area contributed by atoms with Gasteiger partial charge in [-0.1, -0.05) is 18.2 Å². The van der Waals surface area contributed by atoms with E-state index in [1.54, 1.807) is 18.2 Å². The summed E-state index contributed by atoms with van der Waals surface area (Å²) in [6, 6.07) is 5.62. The number of hydrogen-bond donors (Lipinski definition) is 2. The van der Waals surface area contributed by atoms with Gasteiger partial charge in [0.15, 0.2) is 0 Å². The van der Waals surface area contributed by atoms with Crippen molar-refractivity contribution in [2.75, 3.05) is 0 Å². The molecule has 0 unspecified atom stereocenters. The Kier molecular flexibility index (Phi) is 3.37. The van der Waals surface area contributed by atoms with Crippen LogP contribution in [0.15, 0.2) is 42.1 Å². The van der Waals surface area contributed by atoms with Crippen molar-refractivity contribution in [3.8, 4) is 0 Å². The molecule has 1 aliphatic rings. The average Bonchev–Trinajstić information content (AvgIpc) is 2.68. The molecule has 2 N–H and O–H groups in total. The number of hydrogen-bond acceptors (Lipinski definition) is 4. The number of urea groups is 1. The fourth-order valence-electron chi connectivity index (χ4n) is 1.54. The third kappa shape index (κ3) is 2.83. The predicted molar refractivity (Wildman–Crippen MR) is 66.9 cm³/mol. The van der Waals surface area contributed by atoms with Gasteiger partial charge in [0.1, 0.15) is 5.70 Å². The molecule has 1 fully saturated rings. The maximum absolute atomic E-state index is 11.2. The van der Waals surface area contributed by atoms with Crippen molar-refractivity contribution in [2.45, 2.75) is 0 Å².